The minimum absolute atomic E-state index is 0.0525. The van der Waals surface area contributed by atoms with Gasteiger partial charge in [-0.2, -0.15) is 0 Å². The quantitative estimate of drug-likeness (QED) is 0.815. The summed E-state index contributed by atoms with van der Waals surface area (Å²) in [4.78, 5) is 14.0. The summed E-state index contributed by atoms with van der Waals surface area (Å²) >= 11 is 0. The fraction of sp³-hybridized carbons (Fsp3) is 0.533. The van der Waals surface area contributed by atoms with E-state index in [4.69, 9.17) is 5.11 Å². The first-order valence-corrected chi connectivity index (χ1v) is 6.95. The number of aliphatic hydroxyl groups excluding tert-OH is 1. The van der Waals surface area contributed by atoms with E-state index in [0.29, 0.717) is 6.54 Å². The maximum atomic E-state index is 13.6. The van der Waals surface area contributed by atoms with Gasteiger partial charge >= 0.3 is 0 Å². The first-order valence-electron chi connectivity index (χ1n) is 6.95. The van der Waals surface area contributed by atoms with Crippen LogP contribution in [0.15, 0.2) is 18.2 Å². The molecule has 1 aromatic carbocycles. The van der Waals surface area contributed by atoms with Crippen molar-refractivity contribution in [3.8, 4) is 0 Å². The molecule has 0 aliphatic heterocycles. The second-order valence-corrected chi connectivity index (χ2v) is 5.15. The Morgan fingerprint density at radius 3 is 2.40 bits per heavy atom. The second kappa shape index (κ2) is 6.90. The Balaban J connectivity index is 2.11. The van der Waals surface area contributed by atoms with Gasteiger partial charge in [-0.25, -0.2) is 8.78 Å². The number of benzene rings is 1. The Bertz CT molecular complexity index is 453. The average molecular weight is 283 g/mol. The Hall–Kier alpha value is -1.33. The van der Waals surface area contributed by atoms with Crippen LogP contribution in [0.25, 0.3) is 0 Å². The molecular weight excluding hydrogens is 264 g/mol. The molecule has 0 saturated heterocycles. The molecule has 0 radical (unpaired) electrons. The number of carbonyl (C=O) groups excluding carboxylic acids is 1. The lowest BCUT2D eigenvalue weighted by Gasteiger charge is -2.27. The summed E-state index contributed by atoms with van der Waals surface area (Å²) in [6, 6.07) is 3.63. The van der Waals surface area contributed by atoms with Gasteiger partial charge in [0.05, 0.1) is 18.7 Å². The maximum absolute atomic E-state index is 13.6. The third kappa shape index (κ3) is 3.41. The summed E-state index contributed by atoms with van der Waals surface area (Å²) in [6.45, 7) is 0.235. The van der Waals surface area contributed by atoms with E-state index in [1.807, 2.05) is 4.90 Å². The van der Waals surface area contributed by atoms with E-state index in [1.54, 1.807) is 0 Å². The molecule has 1 fully saturated rings. The van der Waals surface area contributed by atoms with E-state index in [9.17, 15) is 13.6 Å². The van der Waals surface area contributed by atoms with Crippen molar-refractivity contribution in [3.63, 3.8) is 0 Å². The number of halogens is 2. The van der Waals surface area contributed by atoms with Gasteiger partial charge in [-0.1, -0.05) is 18.9 Å². The zero-order chi connectivity index (χ0) is 14.5. The Morgan fingerprint density at radius 1 is 1.25 bits per heavy atom. The number of hydrogen-bond donors (Lipinski definition) is 1. The molecule has 0 aromatic heterocycles. The summed E-state index contributed by atoms with van der Waals surface area (Å²) in [6.07, 6.45) is 4.11. The molecule has 0 bridgehead atoms. The van der Waals surface area contributed by atoms with Gasteiger partial charge in [-0.05, 0) is 25.0 Å². The highest BCUT2D eigenvalue weighted by Gasteiger charge is 2.26. The SMILES string of the molecule is O=C(CN(CCO)C1CCCC1)c1c(F)cccc1F. The van der Waals surface area contributed by atoms with E-state index in [2.05, 4.69) is 0 Å². The van der Waals surface area contributed by atoms with Crippen molar-refractivity contribution in [1.29, 1.82) is 0 Å². The van der Waals surface area contributed by atoms with Crippen LogP contribution in [0.1, 0.15) is 36.0 Å². The topological polar surface area (TPSA) is 40.5 Å². The Morgan fingerprint density at radius 2 is 1.85 bits per heavy atom. The van der Waals surface area contributed by atoms with Crippen LogP contribution in [-0.4, -0.2) is 41.5 Å². The number of Topliss-reactive ketones (excluding diaryl/α,β-unsaturated/α-hetero) is 1. The smallest absolute Gasteiger partial charge is 0.182 e. The van der Waals surface area contributed by atoms with Crippen LogP contribution in [0.2, 0.25) is 0 Å². The fourth-order valence-corrected chi connectivity index (χ4v) is 2.82. The van der Waals surface area contributed by atoms with Crippen molar-refractivity contribution in [1.82, 2.24) is 4.90 Å². The van der Waals surface area contributed by atoms with Gasteiger partial charge in [0.1, 0.15) is 11.6 Å². The molecule has 20 heavy (non-hydrogen) atoms. The van der Waals surface area contributed by atoms with Crippen LogP contribution in [0.4, 0.5) is 8.78 Å². The molecule has 0 amide bonds. The monoisotopic (exact) mass is 283 g/mol. The molecule has 3 nitrogen and oxygen atoms in total. The molecule has 0 atom stereocenters. The number of aliphatic hydroxyl groups is 1. The van der Waals surface area contributed by atoms with E-state index >= 15 is 0 Å². The van der Waals surface area contributed by atoms with Gasteiger partial charge in [0.2, 0.25) is 0 Å². The van der Waals surface area contributed by atoms with Gasteiger partial charge in [0.25, 0.3) is 0 Å². The summed E-state index contributed by atoms with van der Waals surface area (Å²) in [5.74, 6) is -2.23. The summed E-state index contributed by atoms with van der Waals surface area (Å²) in [5.41, 5.74) is -0.478. The predicted octanol–water partition coefficient (Wildman–Crippen LogP) is 2.38. The minimum atomic E-state index is -0.828. The van der Waals surface area contributed by atoms with Crippen molar-refractivity contribution >= 4 is 5.78 Å². The number of nitrogens with zero attached hydrogens (tertiary/aromatic N) is 1. The van der Waals surface area contributed by atoms with E-state index in [0.717, 1.165) is 37.8 Å². The third-order valence-electron chi connectivity index (χ3n) is 3.82. The van der Waals surface area contributed by atoms with Crippen LogP contribution in [0.3, 0.4) is 0 Å². The number of carbonyl (C=O) groups is 1. The lowest BCUT2D eigenvalue weighted by Crippen LogP contribution is -2.39. The number of ketones is 1. The first kappa shape index (κ1) is 15.1. The summed E-state index contributed by atoms with van der Waals surface area (Å²) in [5, 5.41) is 9.09. The van der Waals surface area contributed by atoms with Crippen molar-refractivity contribution in [3.05, 3.63) is 35.4 Å². The molecule has 0 heterocycles. The van der Waals surface area contributed by atoms with Gasteiger partial charge < -0.3 is 5.11 Å². The minimum Gasteiger partial charge on any atom is -0.395 e. The maximum Gasteiger partial charge on any atom is 0.182 e. The van der Waals surface area contributed by atoms with Crippen LogP contribution in [-0.2, 0) is 0 Å². The molecule has 0 spiro atoms. The lowest BCUT2D eigenvalue weighted by atomic mass is 10.1. The molecule has 1 aliphatic rings. The molecule has 1 aliphatic carbocycles. The van der Waals surface area contributed by atoms with Crippen molar-refractivity contribution < 1.29 is 18.7 Å². The standard InChI is InChI=1S/C15H19F2NO2/c16-12-6-3-7-13(17)15(12)14(20)10-18(8-9-19)11-4-1-2-5-11/h3,6-7,11,19H,1-2,4-5,8-10H2. The summed E-state index contributed by atoms with van der Waals surface area (Å²) in [7, 11) is 0. The molecular formula is C15H19F2NO2. The molecule has 1 saturated carbocycles. The first-order chi connectivity index (χ1) is 9.63. The van der Waals surface area contributed by atoms with Crippen molar-refractivity contribution in [2.45, 2.75) is 31.7 Å². The molecule has 1 N–H and O–H groups in total. The molecule has 110 valence electrons. The van der Waals surface area contributed by atoms with Crippen molar-refractivity contribution in [2.24, 2.45) is 0 Å². The van der Waals surface area contributed by atoms with E-state index in [-0.39, 0.29) is 19.2 Å². The van der Waals surface area contributed by atoms with Crippen LogP contribution < -0.4 is 0 Å². The largest absolute Gasteiger partial charge is 0.395 e. The average Bonchev–Trinajstić information content (AvgIpc) is 2.91. The van der Waals surface area contributed by atoms with Crippen LogP contribution >= 0.6 is 0 Å². The van der Waals surface area contributed by atoms with Crippen LogP contribution in [0.5, 0.6) is 0 Å². The Labute approximate surface area is 117 Å². The van der Waals surface area contributed by atoms with E-state index in [1.165, 1.54) is 6.07 Å². The Kier molecular flexibility index (Phi) is 5.20. The van der Waals surface area contributed by atoms with Gasteiger partial charge in [0, 0.05) is 12.6 Å². The highest BCUT2D eigenvalue weighted by molar-refractivity contribution is 5.98. The highest BCUT2D eigenvalue weighted by atomic mass is 19.1. The normalized spacial score (nSPS) is 16.0. The molecule has 2 rings (SSSR count). The number of rotatable bonds is 6. The van der Waals surface area contributed by atoms with Crippen molar-refractivity contribution in [2.75, 3.05) is 19.7 Å². The molecule has 0 unspecified atom stereocenters. The van der Waals surface area contributed by atoms with Gasteiger partial charge in [-0.15, -0.1) is 0 Å². The fourth-order valence-electron chi connectivity index (χ4n) is 2.82. The third-order valence-corrected chi connectivity index (χ3v) is 3.82. The van der Waals surface area contributed by atoms with E-state index < -0.39 is 23.0 Å². The molecule has 1 aromatic rings. The number of hydrogen-bond acceptors (Lipinski definition) is 3. The second-order valence-electron chi connectivity index (χ2n) is 5.15. The zero-order valence-corrected chi connectivity index (χ0v) is 11.3. The van der Waals surface area contributed by atoms with Gasteiger partial charge in [-0.3, -0.25) is 9.69 Å². The molecule has 5 heteroatoms. The zero-order valence-electron chi connectivity index (χ0n) is 11.3. The summed E-state index contributed by atoms with van der Waals surface area (Å²) < 4.78 is 27.2. The lowest BCUT2D eigenvalue weighted by molar-refractivity contribution is 0.0854. The highest BCUT2D eigenvalue weighted by Crippen LogP contribution is 2.24. The van der Waals surface area contributed by atoms with Gasteiger partial charge in [0.15, 0.2) is 5.78 Å². The predicted molar refractivity (Wildman–Crippen MR) is 71.6 cm³/mol. The van der Waals surface area contributed by atoms with Crippen LogP contribution in [0, 0.1) is 11.6 Å².